The number of hydrogen-bond donors (Lipinski definition) is 0. The highest BCUT2D eigenvalue weighted by atomic mass is 16.1. The zero-order valence-electron chi connectivity index (χ0n) is 13.3. The predicted molar refractivity (Wildman–Crippen MR) is 84.4 cm³/mol. The number of hydrogen-bond acceptors (Lipinski definition) is 2. The number of rotatable bonds is 4. The molecule has 1 aliphatic heterocycles. The number of carbonyl (C=O) groups excluding carboxylic acids is 1. The SMILES string of the molecule is CCC1CCCN(CC(=O)c2cc(C)c(C)cc2C)C1. The van der Waals surface area contributed by atoms with Crippen molar-refractivity contribution in [2.24, 2.45) is 5.92 Å². The van der Waals surface area contributed by atoms with Crippen molar-refractivity contribution in [3.63, 3.8) is 0 Å². The van der Waals surface area contributed by atoms with Gasteiger partial charge in [0, 0.05) is 12.1 Å². The van der Waals surface area contributed by atoms with E-state index in [1.54, 1.807) is 0 Å². The first-order chi connectivity index (χ1) is 9.51. The van der Waals surface area contributed by atoms with Gasteiger partial charge < -0.3 is 0 Å². The third kappa shape index (κ3) is 3.49. The van der Waals surface area contributed by atoms with Gasteiger partial charge in [-0.1, -0.05) is 19.4 Å². The Morgan fingerprint density at radius 3 is 2.60 bits per heavy atom. The molecule has 2 rings (SSSR count). The van der Waals surface area contributed by atoms with Crippen molar-refractivity contribution in [2.75, 3.05) is 19.6 Å². The summed E-state index contributed by atoms with van der Waals surface area (Å²) in [6.45, 7) is 11.2. The number of ketones is 1. The normalized spacial score (nSPS) is 20.1. The summed E-state index contributed by atoms with van der Waals surface area (Å²) in [4.78, 5) is 14.9. The van der Waals surface area contributed by atoms with Gasteiger partial charge in [0.2, 0.25) is 0 Å². The van der Waals surface area contributed by atoms with Crippen LogP contribution in [0.15, 0.2) is 12.1 Å². The van der Waals surface area contributed by atoms with Gasteiger partial charge >= 0.3 is 0 Å². The summed E-state index contributed by atoms with van der Waals surface area (Å²) in [7, 11) is 0. The van der Waals surface area contributed by atoms with Gasteiger partial charge in [-0.25, -0.2) is 0 Å². The van der Waals surface area contributed by atoms with E-state index in [9.17, 15) is 4.79 Å². The van der Waals surface area contributed by atoms with E-state index < -0.39 is 0 Å². The summed E-state index contributed by atoms with van der Waals surface area (Å²) in [6, 6.07) is 4.20. The molecule has 0 radical (unpaired) electrons. The Morgan fingerprint density at radius 1 is 1.20 bits per heavy atom. The van der Waals surface area contributed by atoms with Crippen LogP contribution >= 0.6 is 0 Å². The standard InChI is InChI=1S/C18H27NO/c1-5-16-7-6-8-19(11-16)12-18(20)17-10-14(3)13(2)9-15(17)4/h9-10,16H,5-8,11-12H2,1-4H3. The highest BCUT2D eigenvalue weighted by Crippen LogP contribution is 2.21. The molecule has 1 atom stereocenters. The summed E-state index contributed by atoms with van der Waals surface area (Å²) in [5, 5.41) is 0. The monoisotopic (exact) mass is 273 g/mol. The highest BCUT2D eigenvalue weighted by molar-refractivity contribution is 5.99. The van der Waals surface area contributed by atoms with Gasteiger partial charge in [-0.05, 0) is 68.8 Å². The summed E-state index contributed by atoms with van der Waals surface area (Å²) in [5.41, 5.74) is 4.50. The molecule has 0 N–H and O–H groups in total. The number of piperidine rings is 1. The number of Topliss-reactive ketones (excluding diaryl/α,β-unsaturated/α-hetero) is 1. The molecule has 2 heteroatoms. The van der Waals surface area contributed by atoms with Crippen molar-refractivity contribution < 1.29 is 4.79 Å². The van der Waals surface area contributed by atoms with Crippen LogP contribution in [0.3, 0.4) is 0 Å². The topological polar surface area (TPSA) is 20.3 Å². The van der Waals surface area contributed by atoms with Crippen molar-refractivity contribution in [1.29, 1.82) is 0 Å². The summed E-state index contributed by atoms with van der Waals surface area (Å²) in [6.07, 6.45) is 3.79. The van der Waals surface area contributed by atoms with Crippen LogP contribution in [0.4, 0.5) is 0 Å². The van der Waals surface area contributed by atoms with Gasteiger partial charge in [0.15, 0.2) is 5.78 Å². The number of likely N-dealkylation sites (tertiary alicyclic amines) is 1. The Morgan fingerprint density at radius 2 is 1.90 bits per heavy atom. The van der Waals surface area contributed by atoms with Crippen LogP contribution in [0.2, 0.25) is 0 Å². The van der Waals surface area contributed by atoms with Crippen LogP contribution in [-0.2, 0) is 0 Å². The zero-order chi connectivity index (χ0) is 14.7. The second-order valence-electron chi connectivity index (χ2n) is 6.33. The summed E-state index contributed by atoms with van der Waals surface area (Å²) in [5.74, 6) is 1.06. The maximum absolute atomic E-state index is 12.6. The van der Waals surface area contributed by atoms with E-state index in [0.717, 1.165) is 30.1 Å². The highest BCUT2D eigenvalue weighted by Gasteiger charge is 2.21. The number of benzene rings is 1. The van der Waals surface area contributed by atoms with Crippen LogP contribution < -0.4 is 0 Å². The first kappa shape index (κ1) is 15.2. The minimum atomic E-state index is 0.280. The molecule has 0 bridgehead atoms. The Labute approximate surface area is 123 Å². The lowest BCUT2D eigenvalue weighted by molar-refractivity contribution is 0.0884. The Hall–Kier alpha value is -1.15. The summed E-state index contributed by atoms with van der Waals surface area (Å²) >= 11 is 0. The second kappa shape index (κ2) is 6.53. The third-order valence-corrected chi connectivity index (χ3v) is 4.69. The molecular weight excluding hydrogens is 246 g/mol. The van der Waals surface area contributed by atoms with Gasteiger partial charge in [0.05, 0.1) is 6.54 Å². The smallest absolute Gasteiger partial charge is 0.177 e. The Bertz CT molecular complexity index is 492. The van der Waals surface area contributed by atoms with Crippen LogP contribution in [0.1, 0.15) is 53.2 Å². The fourth-order valence-corrected chi connectivity index (χ4v) is 3.18. The van der Waals surface area contributed by atoms with E-state index in [0.29, 0.717) is 6.54 Å². The van der Waals surface area contributed by atoms with Crippen molar-refractivity contribution in [3.8, 4) is 0 Å². The molecule has 1 aromatic rings. The lowest BCUT2D eigenvalue weighted by Gasteiger charge is -2.31. The third-order valence-electron chi connectivity index (χ3n) is 4.69. The first-order valence-corrected chi connectivity index (χ1v) is 7.84. The van der Waals surface area contributed by atoms with Crippen molar-refractivity contribution in [2.45, 2.75) is 47.0 Å². The Balaban J connectivity index is 2.06. The van der Waals surface area contributed by atoms with Gasteiger partial charge in [0.25, 0.3) is 0 Å². The molecule has 1 aliphatic rings. The average molecular weight is 273 g/mol. The number of carbonyl (C=O) groups is 1. The molecule has 0 amide bonds. The average Bonchev–Trinajstić information content (AvgIpc) is 2.43. The molecule has 1 heterocycles. The lowest BCUT2D eigenvalue weighted by Crippen LogP contribution is -2.38. The second-order valence-corrected chi connectivity index (χ2v) is 6.33. The minimum absolute atomic E-state index is 0.280. The van der Waals surface area contributed by atoms with Crippen molar-refractivity contribution in [1.82, 2.24) is 4.90 Å². The Kier molecular flexibility index (Phi) is 4.98. The van der Waals surface area contributed by atoms with Gasteiger partial charge in [0.1, 0.15) is 0 Å². The molecule has 1 aromatic carbocycles. The first-order valence-electron chi connectivity index (χ1n) is 7.84. The molecule has 0 aliphatic carbocycles. The summed E-state index contributed by atoms with van der Waals surface area (Å²) < 4.78 is 0. The quantitative estimate of drug-likeness (QED) is 0.775. The molecule has 2 nitrogen and oxygen atoms in total. The molecule has 1 unspecified atom stereocenters. The van der Waals surface area contributed by atoms with Crippen LogP contribution in [-0.4, -0.2) is 30.3 Å². The fraction of sp³-hybridized carbons (Fsp3) is 0.611. The molecule has 0 aromatic heterocycles. The van der Waals surface area contributed by atoms with E-state index in [1.165, 1.54) is 30.4 Å². The van der Waals surface area contributed by atoms with Crippen LogP contribution in [0.5, 0.6) is 0 Å². The molecule has 20 heavy (non-hydrogen) atoms. The molecule has 110 valence electrons. The van der Waals surface area contributed by atoms with E-state index in [-0.39, 0.29) is 5.78 Å². The molecule has 0 saturated carbocycles. The van der Waals surface area contributed by atoms with Crippen molar-refractivity contribution >= 4 is 5.78 Å². The minimum Gasteiger partial charge on any atom is -0.296 e. The largest absolute Gasteiger partial charge is 0.296 e. The van der Waals surface area contributed by atoms with Crippen LogP contribution in [0.25, 0.3) is 0 Å². The zero-order valence-corrected chi connectivity index (χ0v) is 13.3. The van der Waals surface area contributed by atoms with E-state index in [1.807, 2.05) is 6.92 Å². The maximum Gasteiger partial charge on any atom is 0.177 e. The van der Waals surface area contributed by atoms with E-state index in [4.69, 9.17) is 0 Å². The lowest BCUT2D eigenvalue weighted by atomic mass is 9.94. The molecule has 0 spiro atoms. The van der Waals surface area contributed by atoms with Crippen LogP contribution in [0, 0.1) is 26.7 Å². The molecular formula is C18H27NO. The molecule has 1 fully saturated rings. The number of nitrogens with zero attached hydrogens (tertiary/aromatic N) is 1. The number of aryl methyl sites for hydroxylation is 3. The van der Waals surface area contributed by atoms with Gasteiger partial charge in [-0.15, -0.1) is 0 Å². The van der Waals surface area contributed by atoms with E-state index in [2.05, 4.69) is 37.8 Å². The van der Waals surface area contributed by atoms with Gasteiger partial charge in [-0.2, -0.15) is 0 Å². The fourth-order valence-electron chi connectivity index (χ4n) is 3.18. The maximum atomic E-state index is 12.6. The van der Waals surface area contributed by atoms with Crippen molar-refractivity contribution in [3.05, 3.63) is 34.4 Å². The van der Waals surface area contributed by atoms with E-state index >= 15 is 0 Å². The van der Waals surface area contributed by atoms with Gasteiger partial charge in [-0.3, -0.25) is 9.69 Å². The predicted octanol–water partition coefficient (Wildman–Crippen LogP) is 3.92. The molecule has 1 saturated heterocycles.